The van der Waals surface area contributed by atoms with Gasteiger partial charge in [0.05, 0.1) is 17.4 Å². The number of nitrogens with one attached hydrogen (secondary N) is 2. The molecule has 28 heavy (non-hydrogen) atoms. The van der Waals surface area contributed by atoms with E-state index in [9.17, 15) is 8.42 Å². The average molecular weight is 414 g/mol. The third-order valence-electron chi connectivity index (χ3n) is 4.46. The van der Waals surface area contributed by atoms with Gasteiger partial charge >= 0.3 is 0 Å². The lowest BCUT2D eigenvalue weighted by molar-refractivity contribution is 0.581. The SMILES string of the molecule is Cc1ccc(S(=O)(=O)NCc2nnc(C3=NNCC3c3ccccc3)s2)cc1. The van der Waals surface area contributed by atoms with Gasteiger partial charge in [-0.3, -0.25) is 0 Å². The molecule has 1 aromatic heterocycles. The van der Waals surface area contributed by atoms with Gasteiger partial charge in [0, 0.05) is 6.54 Å². The van der Waals surface area contributed by atoms with Gasteiger partial charge in [-0.25, -0.2) is 13.1 Å². The number of sulfonamides is 1. The van der Waals surface area contributed by atoms with Crippen molar-refractivity contribution in [2.45, 2.75) is 24.3 Å². The molecule has 0 saturated carbocycles. The summed E-state index contributed by atoms with van der Waals surface area (Å²) in [5.41, 5.74) is 6.02. The second-order valence-corrected chi connectivity index (χ2v) is 9.29. The first-order valence-electron chi connectivity index (χ1n) is 8.77. The average Bonchev–Trinajstić information content (AvgIpc) is 3.37. The summed E-state index contributed by atoms with van der Waals surface area (Å²) in [6, 6.07) is 16.8. The van der Waals surface area contributed by atoms with Crippen LogP contribution in [0.15, 0.2) is 64.6 Å². The van der Waals surface area contributed by atoms with Crippen LogP contribution >= 0.6 is 11.3 Å². The molecule has 2 N–H and O–H groups in total. The second-order valence-electron chi connectivity index (χ2n) is 6.46. The molecule has 0 amide bonds. The third-order valence-corrected chi connectivity index (χ3v) is 6.82. The van der Waals surface area contributed by atoms with E-state index >= 15 is 0 Å². The Morgan fingerprint density at radius 1 is 1.11 bits per heavy atom. The lowest BCUT2D eigenvalue weighted by Crippen LogP contribution is -2.23. The summed E-state index contributed by atoms with van der Waals surface area (Å²) in [6.45, 7) is 2.70. The largest absolute Gasteiger partial charge is 0.309 e. The highest BCUT2D eigenvalue weighted by Gasteiger charge is 2.27. The van der Waals surface area contributed by atoms with Crippen molar-refractivity contribution < 1.29 is 8.42 Å². The number of hydrazone groups is 1. The van der Waals surface area contributed by atoms with Gasteiger partial charge in [0.2, 0.25) is 10.0 Å². The minimum atomic E-state index is -3.59. The Morgan fingerprint density at radius 2 is 1.86 bits per heavy atom. The highest BCUT2D eigenvalue weighted by molar-refractivity contribution is 7.89. The van der Waals surface area contributed by atoms with Crippen LogP contribution in [0, 0.1) is 6.92 Å². The topological polar surface area (TPSA) is 96.3 Å². The maximum absolute atomic E-state index is 12.4. The summed E-state index contributed by atoms with van der Waals surface area (Å²) in [7, 11) is -3.59. The molecule has 0 aliphatic carbocycles. The van der Waals surface area contributed by atoms with Crippen LogP contribution in [0.4, 0.5) is 0 Å². The van der Waals surface area contributed by atoms with E-state index in [4.69, 9.17) is 0 Å². The molecule has 0 spiro atoms. The predicted octanol–water partition coefficient (Wildman–Crippen LogP) is 2.42. The molecule has 7 nitrogen and oxygen atoms in total. The molecule has 144 valence electrons. The number of aromatic nitrogens is 2. The van der Waals surface area contributed by atoms with Gasteiger partial charge in [-0.1, -0.05) is 59.4 Å². The van der Waals surface area contributed by atoms with Crippen LogP contribution in [0.1, 0.15) is 27.1 Å². The van der Waals surface area contributed by atoms with Gasteiger partial charge in [-0.15, -0.1) is 10.2 Å². The predicted molar refractivity (Wildman–Crippen MR) is 109 cm³/mol. The van der Waals surface area contributed by atoms with Gasteiger partial charge < -0.3 is 5.43 Å². The van der Waals surface area contributed by atoms with Crippen molar-refractivity contribution in [3.05, 3.63) is 75.7 Å². The number of benzene rings is 2. The summed E-state index contributed by atoms with van der Waals surface area (Å²) in [5.74, 6) is 0.103. The van der Waals surface area contributed by atoms with Crippen LogP contribution in [0.25, 0.3) is 0 Å². The molecule has 0 bridgehead atoms. The van der Waals surface area contributed by atoms with Crippen molar-refractivity contribution in [3.8, 4) is 0 Å². The molecule has 3 aromatic rings. The zero-order valence-electron chi connectivity index (χ0n) is 15.2. The van der Waals surface area contributed by atoms with E-state index in [0.29, 0.717) is 16.6 Å². The molecule has 1 unspecified atom stereocenters. The molecular weight excluding hydrogens is 394 g/mol. The molecule has 1 aliphatic rings. The maximum Gasteiger partial charge on any atom is 0.240 e. The monoisotopic (exact) mass is 413 g/mol. The number of hydrogen-bond acceptors (Lipinski definition) is 7. The van der Waals surface area contributed by atoms with Crippen molar-refractivity contribution in [1.29, 1.82) is 0 Å². The Bertz CT molecular complexity index is 1090. The lowest BCUT2D eigenvalue weighted by atomic mass is 9.95. The van der Waals surface area contributed by atoms with Crippen molar-refractivity contribution in [2.75, 3.05) is 6.54 Å². The van der Waals surface area contributed by atoms with Gasteiger partial charge in [0.1, 0.15) is 10.7 Å². The first-order valence-corrected chi connectivity index (χ1v) is 11.1. The van der Waals surface area contributed by atoms with Gasteiger partial charge in [-0.05, 0) is 24.6 Å². The first kappa shape index (κ1) is 18.7. The quantitative estimate of drug-likeness (QED) is 0.647. The Morgan fingerprint density at radius 3 is 2.61 bits per heavy atom. The van der Waals surface area contributed by atoms with Gasteiger partial charge in [0.25, 0.3) is 0 Å². The van der Waals surface area contributed by atoms with Crippen molar-refractivity contribution in [2.24, 2.45) is 5.10 Å². The van der Waals surface area contributed by atoms with Crippen LogP contribution in [-0.2, 0) is 16.6 Å². The van der Waals surface area contributed by atoms with Crippen LogP contribution in [0.2, 0.25) is 0 Å². The Hall–Kier alpha value is -2.62. The summed E-state index contributed by atoms with van der Waals surface area (Å²) in [6.07, 6.45) is 0. The van der Waals surface area contributed by atoms with Crippen molar-refractivity contribution in [1.82, 2.24) is 20.3 Å². The second kappa shape index (κ2) is 7.78. The van der Waals surface area contributed by atoms with E-state index < -0.39 is 10.0 Å². The van der Waals surface area contributed by atoms with E-state index in [1.165, 1.54) is 11.3 Å². The molecule has 1 aliphatic heterocycles. The summed E-state index contributed by atoms with van der Waals surface area (Å²) >= 11 is 1.35. The van der Waals surface area contributed by atoms with Gasteiger partial charge in [-0.2, -0.15) is 5.10 Å². The van der Waals surface area contributed by atoms with Crippen molar-refractivity contribution in [3.63, 3.8) is 0 Å². The molecular formula is C19H19N5O2S2. The fraction of sp³-hybridized carbons (Fsp3) is 0.211. The van der Waals surface area contributed by atoms with E-state index in [1.807, 2.05) is 25.1 Å². The van der Waals surface area contributed by atoms with Crippen LogP contribution in [0.5, 0.6) is 0 Å². The normalized spacial score (nSPS) is 16.6. The molecule has 0 saturated heterocycles. The fourth-order valence-electron chi connectivity index (χ4n) is 2.94. The van der Waals surface area contributed by atoms with Crippen LogP contribution in [-0.4, -0.2) is 30.9 Å². The van der Waals surface area contributed by atoms with Crippen LogP contribution < -0.4 is 10.1 Å². The zero-order chi connectivity index (χ0) is 19.6. The van der Waals surface area contributed by atoms with E-state index in [0.717, 1.165) is 16.8 Å². The first-order chi connectivity index (χ1) is 13.5. The minimum absolute atomic E-state index is 0.0879. The Labute approximate surface area is 167 Å². The molecule has 4 rings (SSSR count). The van der Waals surface area contributed by atoms with Crippen molar-refractivity contribution >= 4 is 27.1 Å². The summed E-state index contributed by atoms with van der Waals surface area (Å²) < 4.78 is 27.4. The molecule has 0 radical (unpaired) electrons. The lowest BCUT2D eigenvalue weighted by Gasteiger charge is -2.09. The fourth-order valence-corrected chi connectivity index (χ4v) is 4.84. The Balaban J connectivity index is 1.47. The minimum Gasteiger partial charge on any atom is -0.309 e. The molecule has 1 atom stereocenters. The number of aryl methyl sites for hydroxylation is 1. The standard InChI is InChI=1S/C19H19N5O2S2/c1-13-7-9-15(10-8-13)28(25,26)21-12-17-22-24-19(27-17)18-16(11-20-23-18)14-5-3-2-4-6-14/h2-10,16,20-21H,11-12H2,1H3. The summed E-state index contributed by atoms with van der Waals surface area (Å²) in [5, 5.41) is 14.0. The highest BCUT2D eigenvalue weighted by Crippen LogP contribution is 2.26. The number of hydrogen-bond donors (Lipinski definition) is 2. The van der Waals surface area contributed by atoms with Crippen LogP contribution in [0.3, 0.4) is 0 Å². The third kappa shape index (κ3) is 3.96. The Kier molecular flexibility index (Phi) is 5.21. The zero-order valence-corrected chi connectivity index (χ0v) is 16.8. The maximum atomic E-state index is 12.4. The van der Waals surface area contributed by atoms with Gasteiger partial charge in [0.15, 0.2) is 5.01 Å². The molecule has 0 fully saturated rings. The number of nitrogens with zero attached hydrogens (tertiary/aromatic N) is 3. The smallest absolute Gasteiger partial charge is 0.240 e. The molecule has 2 aromatic carbocycles. The van der Waals surface area contributed by atoms with E-state index in [1.54, 1.807) is 24.3 Å². The number of rotatable bonds is 6. The highest BCUT2D eigenvalue weighted by atomic mass is 32.2. The summed E-state index contributed by atoms with van der Waals surface area (Å²) in [4.78, 5) is 0.233. The molecule has 9 heteroatoms. The molecule has 2 heterocycles. The van der Waals surface area contributed by atoms with E-state index in [2.05, 4.69) is 37.6 Å². The van der Waals surface area contributed by atoms with E-state index in [-0.39, 0.29) is 17.4 Å².